The van der Waals surface area contributed by atoms with Gasteiger partial charge in [0.25, 0.3) is 5.91 Å². The summed E-state index contributed by atoms with van der Waals surface area (Å²) in [5.74, 6) is -2.42. The molecule has 0 fully saturated rings. The van der Waals surface area contributed by atoms with Gasteiger partial charge in [0, 0.05) is 0 Å². The van der Waals surface area contributed by atoms with Gasteiger partial charge in [-0.2, -0.15) is 0 Å². The van der Waals surface area contributed by atoms with E-state index in [1.807, 2.05) is 36.4 Å². The number of carbonyl (C=O) groups is 3. The highest BCUT2D eigenvalue weighted by molar-refractivity contribution is 7.17. The number of allylic oxidation sites excluding steroid dienone is 1. The molecule has 1 aliphatic heterocycles. The number of aromatic nitrogens is 1. The second kappa shape index (κ2) is 9.84. The predicted octanol–water partition coefficient (Wildman–Crippen LogP) is 4.81. The summed E-state index contributed by atoms with van der Waals surface area (Å²) in [6.07, 6.45) is 2.97. The summed E-state index contributed by atoms with van der Waals surface area (Å²) in [5, 5.41) is 11.0. The van der Waals surface area contributed by atoms with Crippen LogP contribution >= 0.6 is 11.3 Å². The van der Waals surface area contributed by atoms with Crippen molar-refractivity contribution < 1.29 is 24.2 Å². The smallest absolute Gasteiger partial charge is 0.350 e. The van der Waals surface area contributed by atoms with Crippen molar-refractivity contribution in [3.63, 3.8) is 0 Å². The summed E-state index contributed by atoms with van der Waals surface area (Å²) < 4.78 is 5.08. The van der Waals surface area contributed by atoms with E-state index in [1.165, 1.54) is 11.0 Å². The molecule has 0 radical (unpaired) electrons. The van der Waals surface area contributed by atoms with E-state index >= 15 is 0 Å². The Hall–Kier alpha value is -4.04. The van der Waals surface area contributed by atoms with Crippen molar-refractivity contribution in [3.8, 4) is 0 Å². The molecule has 7 nitrogen and oxygen atoms in total. The molecule has 3 aromatic rings. The van der Waals surface area contributed by atoms with Crippen LogP contribution in [0.3, 0.4) is 0 Å². The lowest BCUT2D eigenvalue weighted by atomic mass is 9.96. The molecular formula is C26H22N2O5S. The Bertz CT molecular complexity index is 1300. The quantitative estimate of drug-likeness (QED) is 0.390. The number of ether oxygens (including phenoxy) is 1. The summed E-state index contributed by atoms with van der Waals surface area (Å²) >= 11 is 0.985. The van der Waals surface area contributed by atoms with Crippen LogP contribution in [0.25, 0.3) is 6.08 Å². The number of rotatable bonds is 7. The number of aliphatic hydroxyl groups is 1. The zero-order valence-corrected chi connectivity index (χ0v) is 19.4. The molecule has 0 saturated carbocycles. The SMILES string of the molecule is CCOC(=O)c1sc(N2C(=O)C(O)=C(C(=O)/C=C/c3ccccc3)C2c2ccccc2)nc1C. The van der Waals surface area contributed by atoms with Crippen LogP contribution in [0.5, 0.6) is 0 Å². The van der Waals surface area contributed by atoms with Crippen molar-refractivity contribution in [1.82, 2.24) is 4.98 Å². The third kappa shape index (κ3) is 4.40. The highest BCUT2D eigenvalue weighted by Gasteiger charge is 2.45. The zero-order valence-electron chi connectivity index (χ0n) is 18.6. The summed E-state index contributed by atoms with van der Waals surface area (Å²) in [5.41, 5.74) is 1.79. The van der Waals surface area contributed by atoms with Gasteiger partial charge in [0.2, 0.25) is 0 Å². The summed E-state index contributed by atoms with van der Waals surface area (Å²) in [6.45, 7) is 3.55. The van der Waals surface area contributed by atoms with E-state index in [0.717, 1.165) is 16.9 Å². The molecule has 1 aromatic heterocycles. The Labute approximate surface area is 200 Å². The van der Waals surface area contributed by atoms with Crippen LogP contribution < -0.4 is 4.90 Å². The minimum Gasteiger partial charge on any atom is -0.503 e. The van der Waals surface area contributed by atoms with Gasteiger partial charge in [-0.15, -0.1) is 0 Å². The molecule has 1 amide bonds. The molecule has 8 heteroatoms. The van der Waals surface area contributed by atoms with Gasteiger partial charge in [-0.3, -0.25) is 14.5 Å². The highest BCUT2D eigenvalue weighted by Crippen LogP contribution is 2.43. The maximum Gasteiger partial charge on any atom is 0.350 e. The Morgan fingerprint density at radius 2 is 1.76 bits per heavy atom. The molecule has 0 bridgehead atoms. The average molecular weight is 475 g/mol. The molecule has 0 saturated heterocycles. The van der Waals surface area contributed by atoms with Crippen LogP contribution in [0, 0.1) is 6.92 Å². The lowest BCUT2D eigenvalue weighted by Crippen LogP contribution is -2.30. The minimum absolute atomic E-state index is 0.0473. The molecule has 1 aliphatic rings. The van der Waals surface area contributed by atoms with Gasteiger partial charge in [0.05, 0.1) is 23.9 Å². The van der Waals surface area contributed by atoms with Gasteiger partial charge in [-0.05, 0) is 31.1 Å². The monoisotopic (exact) mass is 474 g/mol. The Balaban J connectivity index is 1.76. The van der Waals surface area contributed by atoms with Crippen molar-refractivity contribution in [3.05, 3.63) is 99.8 Å². The summed E-state index contributed by atoms with van der Waals surface area (Å²) in [4.78, 5) is 44.6. The van der Waals surface area contributed by atoms with E-state index < -0.39 is 29.5 Å². The van der Waals surface area contributed by atoms with Crippen molar-refractivity contribution in [2.75, 3.05) is 11.5 Å². The fourth-order valence-corrected chi connectivity index (χ4v) is 4.69. The Morgan fingerprint density at radius 1 is 1.12 bits per heavy atom. The number of aryl methyl sites for hydroxylation is 1. The molecule has 2 aromatic carbocycles. The maximum absolute atomic E-state index is 13.2. The van der Waals surface area contributed by atoms with Crippen LogP contribution in [0.4, 0.5) is 5.13 Å². The van der Waals surface area contributed by atoms with Crippen molar-refractivity contribution >= 4 is 40.2 Å². The van der Waals surface area contributed by atoms with E-state index in [0.29, 0.717) is 11.3 Å². The molecule has 1 unspecified atom stereocenters. The molecule has 34 heavy (non-hydrogen) atoms. The van der Waals surface area contributed by atoms with E-state index in [9.17, 15) is 19.5 Å². The highest BCUT2D eigenvalue weighted by atomic mass is 32.1. The maximum atomic E-state index is 13.2. The lowest BCUT2D eigenvalue weighted by molar-refractivity contribution is -0.117. The number of thiazole rings is 1. The minimum atomic E-state index is -0.901. The molecule has 2 heterocycles. The second-order valence-corrected chi connectivity index (χ2v) is 8.47. The number of ketones is 1. The van der Waals surface area contributed by atoms with Gasteiger partial charge in [0.15, 0.2) is 16.7 Å². The van der Waals surface area contributed by atoms with Gasteiger partial charge < -0.3 is 9.84 Å². The fraction of sp³-hybridized carbons (Fsp3) is 0.154. The van der Waals surface area contributed by atoms with Crippen molar-refractivity contribution in [2.24, 2.45) is 0 Å². The predicted molar refractivity (Wildman–Crippen MR) is 130 cm³/mol. The summed E-state index contributed by atoms with van der Waals surface area (Å²) in [6, 6.07) is 17.3. The van der Waals surface area contributed by atoms with E-state index in [4.69, 9.17) is 4.74 Å². The topological polar surface area (TPSA) is 96.8 Å². The molecule has 0 aliphatic carbocycles. The van der Waals surface area contributed by atoms with E-state index in [2.05, 4.69) is 4.98 Å². The first kappa shape index (κ1) is 23.1. The first-order chi connectivity index (χ1) is 16.4. The standard InChI is InChI=1S/C26H22N2O5S/c1-3-33-25(32)23-16(2)27-26(34-23)28-21(18-12-8-5-9-13-18)20(22(30)24(28)31)19(29)15-14-17-10-6-4-7-11-17/h4-15,21,30H,3H2,1-2H3/b15-14+. The molecule has 4 rings (SSSR count). The normalized spacial score (nSPS) is 15.9. The van der Waals surface area contributed by atoms with Gasteiger partial charge in [-0.25, -0.2) is 9.78 Å². The van der Waals surface area contributed by atoms with Gasteiger partial charge >= 0.3 is 5.97 Å². The molecular weight excluding hydrogens is 452 g/mol. The molecule has 1 atom stereocenters. The van der Waals surface area contributed by atoms with Crippen molar-refractivity contribution in [1.29, 1.82) is 0 Å². The third-order valence-corrected chi connectivity index (χ3v) is 6.40. The lowest BCUT2D eigenvalue weighted by Gasteiger charge is -2.24. The first-order valence-electron chi connectivity index (χ1n) is 10.7. The number of carbonyl (C=O) groups excluding carboxylic acids is 3. The van der Waals surface area contributed by atoms with Gasteiger partial charge in [-0.1, -0.05) is 78.1 Å². The molecule has 1 N–H and O–H groups in total. The number of esters is 1. The van der Waals surface area contributed by atoms with Gasteiger partial charge in [0.1, 0.15) is 4.88 Å². The van der Waals surface area contributed by atoms with Crippen LogP contribution in [0.1, 0.15) is 39.5 Å². The average Bonchev–Trinajstić information content (AvgIpc) is 3.36. The van der Waals surface area contributed by atoms with Crippen LogP contribution in [-0.4, -0.2) is 34.4 Å². The third-order valence-electron chi connectivity index (χ3n) is 5.27. The van der Waals surface area contributed by atoms with E-state index in [-0.39, 0.29) is 22.2 Å². The Morgan fingerprint density at radius 3 is 2.41 bits per heavy atom. The number of hydrogen-bond acceptors (Lipinski definition) is 7. The fourth-order valence-electron chi connectivity index (χ4n) is 3.70. The number of hydrogen-bond donors (Lipinski definition) is 1. The molecule has 172 valence electrons. The number of benzene rings is 2. The van der Waals surface area contributed by atoms with Crippen LogP contribution in [-0.2, 0) is 14.3 Å². The number of aliphatic hydroxyl groups excluding tert-OH is 1. The Kier molecular flexibility index (Phi) is 6.70. The van der Waals surface area contributed by atoms with E-state index in [1.54, 1.807) is 44.2 Å². The number of nitrogens with zero attached hydrogens (tertiary/aromatic N) is 2. The van der Waals surface area contributed by atoms with Crippen LogP contribution in [0.2, 0.25) is 0 Å². The molecule has 0 spiro atoms. The number of anilines is 1. The zero-order chi connectivity index (χ0) is 24.2. The number of amides is 1. The van der Waals surface area contributed by atoms with Crippen LogP contribution in [0.15, 0.2) is 78.1 Å². The summed E-state index contributed by atoms with van der Waals surface area (Å²) in [7, 11) is 0. The first-order valence-corrected chi connectivity index (χ1v) is 11.5. The largest absolute Gasteiger partial charge is 0.503 e. The van der Waals surface area contributed by atoms with Crippen molar-refractivity contribution in [2.45, 2.75) is 19.9 Å². The second-order valence-electron chi connectivity index (χ2n) is 7.49.